The molecule has 2 N–H and O–H groups in total. The van der Waals surface area contributed by atoms with Gasteiger partial charge in [0.2, 0.25) is 4.96 Å². The van der Waals surface area contributed by atoms with Gasteiger partial charge in [-0.05, 0) is 48.8 Å². The molecule has 7 nitrogen and oxygen atoms in total. The lowest BCUT2D eigenvalue weighted by atomic mass is 10.0. The lowest BCUT2D eigenvalue weighted by molar-refractivity contribution is 0.0979. The zero-order valence-corrected chi connectivity index (χ0v) is 19.1. The van der Waals surface area contributed by atoms with Crippen molar-refractivity contribution >= 4 is 67.6 Å². The number of aromatic nitrogens is 4. The second kappa shape index (κ2) is 8.27. The van der Waals surface area contributed by atoms with Crippen LogP contribution in [-0.4, -0.2) is 30.8 Å². The average Bonchev–Trinajstić information content (AvgIpc) is 3.36. The van der Waals surface area contributed by atoms with Crippen LogP contribution in [-0.2, 0) is 0 Å². The van der Waals surface area contributed by atoms with Crippen molar-refractivity contribution in [1.29, 1.82) is 0 Å². The number of benzene rings is 3. The maximum Gasteiger partial charge on any atom is 0.258 e. The van der Waals surface area contributed by atoms with E-state index in [1.54, 1.807) is 22.7 Å². The Morgan fingerprint density at radius 2 is 1.84 bits per heavy atom. The molecule has 0 fully saturated rings. The fourth-order valence-electron chi connectivity index (χ4n) is 3.36. The molecule has 0 spiro atoms. The number of anilines is 1. The van der Waals surface area contributed by atoms with E-state index in [0.717, 1.165) is 37.8 Å². The molecule has 0 saturated heterocycles. The fraction of sp³-hybridized carbons (Fsp3) is 0.0455. The minimum Gasteiger partial charge on any atom is -0.332 e. The number of nitrogens with zero attached hydrogens (tertiary/aromatic N) is 4. The van der Waals surface area contributed by atoms with Gasteiger partial charge >= 0.3 is 0 Å². The van der Waals surface area contributed by atoms with Gasteiger partial charge in [0.1, 0.15) is 5.01 Å². The van der Waals surface area contributed by atoms with Crippen LogP contribution in [0.2, 0.25) is 5.02 Å². The van der Waals surface area contributed by atoms with Crippen LogP contribution < -0.4 is 10.6 Å². The van der Waals surface area contributed by atoms with Gasteiger partial charge in [-0.3, -0.25) is 10.1 Å². The molecule has 0 aliphatic heterocycles. The van der Waals surface area contributed by atoms with Crippen LogP contribution in [0, 0.1) is 6.92 Å². The first-order valence-corrected chi connectivity index (χ1v) is 11.2. The third-order valence-corrected chi connectivity index (χ3v) is 6.34. The second-order valence-electron chi connectivity index (χ2n) is 6.98. The Morgan fingerprint density at radius 1 is 1.06 bits per heavy atom. The summed E-state index contributed by atoms with van der Waals surface area (Å²) in [6.07, 6.45) is 0. The summed E-state index contributed by atoms with van der Waals surface area (Å²) >= 11 is 13.1. The molecular formula is C22H15ClN6OS2. The van der Waals surface area contributed by atoms with Crippen LogP contribution >= 0.6 is 35.2 Å². The number of amides is 1. The van der Waals surface area contributed by atoms with Crippen molar-refractivity contribution < 1.29 is 4.79 Å². The number of hydrogen-bond donors (Lipinski definition) is 2. The Morgan fingerprint density at radius 3 is 2.69 bits per heavy atom. The highest BCUT2D eigenvalue weighted by Gasteiger charge is 2.14. The van der Waals surface area contributed by atoms with Crippen molar-refractivity contribution in [1.82, 2.24) is 25.1 Å². The van der Waals surface area contributed by atoms with E-state index in [4.69, 9.17) is 23.8 Å². The molecule has 0 saturated carbocycles. The molecular weight excluding hydrogens is 464 g/mol. The molecule has 5 aromatic rings. The van der Waals surface area contributed by atoms with Crippen molar-refractivity contribution in [2.45, 2.75) is 6.92 Å². The number of nitrogens with one attached hydrogen (secondary N) is 2. The molecule has 158 valence electrons. The van der Waals surface area contributed by atoms with E-state index < -0.39 is 0 Å². The predicted octanol–water partition coefficient (Wildman–Crippen LogP) is 5.09. The summed E-state index contributed by atoms with van der Waals surface area (Å²) in [5.74, 6) is 0.422. The topological polar surface area (TPSA) is 84.2 Å². The van der Waals surface area contributed by atoms with E-state index in [1.807, 2.05) is 49.4 Å². The van der Waals surface area contributed by atoms with Crippen molar-refractivity contribution in [2.75, 3.05) is 5.32 Å². The zero-order valence-electron chi connectivity index (χ0n) is 16.7. The van der Waals surface area contributed by atoms with Crippen LogP contribution in [0.15, 0.2) is 60.7 Å². The predicted molar refractivity (Wildman–Crippen MR) is 131 cm³/mol. The maximum absolute atomic E-state index is 12.9. The van der Waals surface area contributed by atoms with Gasteiger partial charge in [-0.1, -0.05) is 59.3 Å². The van der Waals surface area contributed by atoms with E-state index in [1.165, 1.54) is 11.3 Å². The molecule has 1 amide bonds. The molecule has 0 radical (unpaired) electrons. The molecule has 32 heavy (non-hydrogen) atoms. The van der Waals surface area contributed by atoms with Crippen molar-refractivity contribution in [2.24, 2.45) is 0 Å². The Labute approximate surface area is 197 Å². The average molecular weight is 479 g/mol. The molecule has 2 heterocycles. The van der Waals surface area contributed by atoms with Crippen LogP contribution in [0.4, 0.5) is 5.69 Å². The molecule has 3 aromatic carbocycles. The number of halogens is 1. The van der Waals surface area contributed by atoms with Gasteiger partial charge < -0.3 is 5.32 Å². The summed E-state index contributed by atoms with van der Waals surface area (Å²) in [6.45, 7) is 1.85. The number of carbonyl (C=O) groups is 1. The standard InChI is InChI=1S/C22H15ClN6OS2/c1-12-26-27-22-29(12)28-20(32-22)13-5-2-6-14(11-13)24-21(31)25-19(30)17-9-3-8-16-15(17)7-4-10-18(16)23/h2-11H,1H3,(H2,24,25,30,31). The molecule has 0 unspecified atom stereocenters. The third-order valence-electron chi connectivity index (χ3n) is 4.85. The summed E-state index contributed by atoms with van der Waals surface area (Å²) in [5.41, 5.74) is 2.14. The molecule has 2 aromatic heterocycles. The van der Waals surface area contributed by atoms with Gasteiger partial charge in [0.15, 0.2) is 10.9 Å². The number of thiocarbonyl (C=S) groups is 1. The van der Waals surface area contributed by atoms with Gasteiger partial charge in [0.05, 0.1) is 0 Å². The van der Waals surface area contributed by atoms with Crippen LogP contribution in [0.1, 0.15) is 16.2 Å². The Bertz CT molecular complexity index is 1510. The highest BCUT2D eigenvalue weighted by atomic mass is 35.5. The normalized spacial score (nSPS) is 11.1. The quantitative estimate of drug-likeness (QED) is 0.351. The van der Waals surface area contributed by atoms with E-state index >= 15 is 0 Å². The summed E-state index contributed by atoms with van der Waals surface area (Å²) in [4.78, 5) is 13.6. The monoisotopic (exact) mass is 478 g/mol. The smallest absolute Gasteiger partial charge is 0.258 e. The SMILES string of the molecule is Cc1nnc2sc(-c3cccc(NC(=S)NC(=O)c4cccc5c(Cl)cccc45)c3)nn12. The van der Waals surface area contributed by atoms with Gasteiger partial charge in [-0.25, -0.2) is 0 Å². The molecule has 0 aliphatic carbocycles. The number of fused-ring (bicyclic) bond motifs is 2. The highest BCUT2D eigenvalue weighted by molar-refractivity contribution is 7.80. The molecule has 0 atom stereocenters. The van der Waals surface area contributed by atoms with Gasteiger partial charge in [0, 0.05) is 27.2 Å². The van der Waals surface area contributed by atoms with Crippen molar-refractivity contribution in [3.05, 3.63) is 77.1 Å². The van der Waals surface area contributed by atoms with Crippen molar-refractivity contribution in [3.8, 4) is 10.6 Å². The Balaban J connectivity index is 1.34. The van der Waals surface area contributed by atoms with E-state index in [2.05, 4.69) is 25.9 Å². The first-order valence-electron chi connectivity index (χ1n) is 9.58. The lowest BCUT2D eigenvalue weighted by Gasteiger charge is -2.12. The minimum absolute atomic E-state index is 0.195. The first kappa shape index (κ1) is 20.5. The number of rotatable bonds is 3. The summed E-state index contributed by atoms with van der Waals surface area (Å²) in [5, 5.41) is 21.6. The van der Waals surface area contributed by atoms with Gasteiger partial charge in [-0.2, -0.15) is 9.61 Å². The molecule has 5 rings (SSSR count). The summed E-state index contributed by atoms with van der Waals surface area (Å²) in [6, 6.07) is 18.5. The third kappa shape index (κ3) is 3.81. The van der Waals surface area contributed by atoms with E-state index in [-0.39, 0.29) is 11.0 Å². The Hall–Kier alpha value is -3.40. The summed E-state index contributed by atoms with van der Waals surface area (Å²) in [7, 11) is 0. The first-order chi connectivity index (χ1) is 15.5. The van der Waals surface area contributed by atoms with Crippen molar-refractivity contribution in [3.63, 3.8) is 0 Å². The molecule has 0 bridgehead atoms. The maximum atomic E-state index is 12.9. The lowest BCUT2D eigenvalue weighted by Crippen LogP contribution is -2.34. The number of carbonyl (C=O) groups excluding carboxylic acids is 1. The minimum atomic E-state index is -0.310. The largest absolute Gasteiger partial charge is 0.332 e. The second-order valence-corrected chi connectivity index (χ2v) is 8.75. The molecule has 10 heteroatoms. The molecule has 0 aliphatic rings. The van der Waals surface area contributed by atoms with Gasteiger partial charge in [-0.15, -0.1) is 10.2 Å². The van der Waals surface area contributed by atoms with Gasteiger partial charge in [0.25, 0.3) is 5.91 Å². The number of hydrogen-bond acceptors (Lipinski definition) is 6. The summed E-state index contributed by atoms with van der Waals surface area (Å²) < 4.78 is 1.71. The van der Waals surface area contributed by atoms with E-state index in [0.29, 0.717) is 10.6 Å². The van der Waals surface area contributed by atoms with Crippen LogP contribution in [0.3, 0.4) is 0 Å². The highest BCUT2D eigenvalue weighted by Crippen LogP contribution is 2.28. The van der Waals surface area contributed by atoms with Crippen LogP contribution in [0.5, 0.6) is 0 Å². The number of aryl methyl sites for hydroxylation is 1. The van der Waals surface area contributed by atoms with Crippen LogP contribution in [0.25, 0.3) is 26.3 Å². The Kier molecular flexibility index (Phi) is 5.30. The van der Waals surface area contributed by atoms with E-state index in [9.17, 15) is 4.79 Å². The fourth-order valence-corrected chi connectivity index (χ4v) is 4.69. The zero-order chi connectivity index (χ0) is 22.2.